The fourth-order valence-corrected chi connectivity index (χ4v) is 3.58. The molecule has 1 saturated heterocycles. The first-order chi connectivity index (χ1) is 10.4. The summed E-state index contributed by atoms with van der Waals surface area (Å²) in [5.74, 6) is -1.07. The highest BCUT2D eigenvalue weighted by Crippen LogP contribution is 2.33. The number of aryl methyl sites for hydroxylation is 1. The lowest BCUT2D eigenvalue weighted by Crippen LogP contribution is -2.28. The Balaban J connectivity index is 2.18. The van der Waals surface area contributed by atoms with Crippen molar-refractivity contribution in [1.82, 2.24) is 4.90 Å². The third-order valence-electron chi connectivity index (χ3n) is 3.98. The zero-order valence-electron chi connectivity index (χ0n) is 13.2. The topological polar surface area (TPSA) is 75.7 Å². The molecule has 0 radical (unpaired) electrons. The van der Waals surface area contributed by atoms with E-state index in [0.717, 1.165) is 10.4 Å². The maximum atomic E-state index is 12.4. The number of ether oxygens (including phenoxy) is 1. The van der Waals surface area contributed by atoms with Gasteiger partial charge in [0.15, 0.2) is 0 Å². The molecule has 1 aromatic rings. The van der Waals surface area contributed by atoms with Crippen LogP contribution in [0.5, 0.6) is 0 Å². The second-order valence-corrected chi connectivity index (χ2v) is 6.53. The molecule has 2 rings (SSSR count). The SMILES string of the molecule is CCN1C[C@@H](C(=O)Nc2sc(C)c(C)c2C(=O)OC)CC1=O. The molecule has 0 spiro atoms. The minimum atomic E-state index is -0.463. The van der Waals surface area contributed by atoms with E-state index in [1.807, 2.05) is 20.8 Å². The van der Waals surface area contributed by atoms with Gasteiger partial charge in [-0.2, -0.15) is 0 Å². The maximum Gasteiger partial charge on any atom is 0.341 e. The number of esters is 1. The average molecular weight is 324 g/mol. The number of hydrogen-bond acceptors (Lipinski definition) is 5. The van der Waals surface area contributed by atoms with E-state index in [4.69, 9.17) is 4.74 Å². The first-order valence-corrected chi connectivity index (χ1v) is 7.97. The molecule has 1 aliphatic rings. The van der Waals surface area contributed by atoms with Crippen LogP contribution in [0.1, 0.15) is 34.1 Å². The number of nitrogens with zero attached hydrogens (tertiary/aromatic N) is 1. The Hall–Kier alpha value is -1.89. The molecule has 7 heteroatoms. The summed E-state index contributed by atoms with van der Waals surface area (Å²) in [6.07, 6.45) is 0.219. The number of amides is 2. The van der Waals surface area contributed by atoms with Gasteiger partial charge in [-0.25, -0.2) is 4.79 Å². The fraction of sp³-hybridized carbons (Fsp3) is 0.533. The number of carbonyl (C=O) groups excluding carboxylic acids is 3. The first-order valence-electron chi connectivity index (χ1n) is 7.15. The van der Waals surface area contributed by atoms with Crippen molar-refractivity contribution in [2.45, 2.75) is 27.2 Å². The van der Waals surface area contributed by atoms with Crippen molar-refractivity contribution in [3.63, 3.8) is 0 Å². The molecule has 22 heavy (non-hydrogen) atoms. The minimum absolute atomic E-state index is 0.00520. The lowest BCUT2D eigenvalue weighted by molar-refractivity contribution is -0.128. The molecular weight excluding hydrogens is 304 g/mol. The number of nitrogens with one attached hydrogen (secondary N) is 1. The van der Waals surface area contributed by atoms with Gasteiger partial charge in [0.25, 0.3) is 0 Å². The summed E-state index contributed by atoms with van der Waals surface area (Å²) in [7, 11) is 1.31. The molecule has 1 aromatic heterocycles. The van der Waals surface area contributed by atoms with E-state index in [1.54, 1.807) is 4.90 Å². The summed E-state index contributed by atoms with van der Waals surface area (Å²) >= 11 is 1.35. The van der Waals surface area contributed by atoms with Gasteiger partial charge in [-0.3, -0.25) is 9.59 Å². The molecule has 0 aliphatic carbocycles. The van der Waals surface area contributed by atoms with Gasteiger partial charge in [0.2, 0.25) is 11.8 Å². The van der Waals surface area contributed by atoms with Gasteiger partial charge in [0, 0.05) is 24.4 Å². The summed E-state index contributed by atoms with van der Waals surface area (Å²) in [6, 6.07) is 0. The van der Waals surface area contributed by atoms with Crippen LogP contribution in [-0.2, 0) is 14.3 Å². The highest BCUT2D eigenvalue weighted by molar-refractivity contribution is 7.16. The summed E-state index contributed by atoms with van der Waals surface area (Å²) < 4.78 is 4.78. The molecule has 1 fully saturated rings. The summed E-state index contributed by atoms with van der Waals surface area (Å²) in [5.41, 5.74) is 1.21. The third-order valence-corrected chi connectivity index (χ3v) is 5.10. The standard InChI is InChI=1S/C15H20N2O4S/c1-5-17-7-10(6-11(17)18)13(19)16-14-12(15(20)21-4)8(2)9(3)22-14/h10H,5-7H2,1-4H3,(H,16,19)/t10-/m0/s1. The second-order valence-electron chi connectivity index (χ2n) is 5.30. The van der Waals surface area contributed by atoms with Crippen molar-refractivity contribution >= 4 is 34.1 Å². The van der Waals surface area contributed by atoms with Crippen LogP contribution in [0, 0.1) is 19.8 Å². The van der Waals surface area contributed by atoms with Crippen LogP contribution in [-0.4, -0.2) is 42.9 Å². The van der Waals surface area contributed by atoms with Gasteiger partial charge in [-0.15, -0.1) is 11.3 Å². The van der Waals surface area contributed by atoms with Gasteiger partial charge in [-0.05, 0) is 26.3 Å². The van der Waals surface area contributed by atoms with Crippen LogP contribution in [0.15, 0.2) is 0 Å². The monoisotopic (exact) mass is 324 g/mol. The molecule has 2 heterocycles. The zero-order chi connectivity index (χ0) is 16.4. The number of hydrogen-bond donors (Lipinski definition) is 1. The Labute approximate surface area is 133 Å². The van der Waals surface area contributed by atoms with Crippen molar-refractivity contribution in [1.29, 1.82) is 0 Å². The smallest absolute Gasteiger partial charge is 0.341 e. The quantitative estimate of drug-likeness (QED) is 0.859. The Morgan fingerprint density at radius 1 is 1.41 bits per heavy atom. The number of rotatable bonds is 4. The molecule has 0 unspecified atom stereocenters. The average Bonchev–Trinajstić information content (AvgIpc) is 2.99. The van der Waals surface area contributed by atoms with Crippen LogP contribution >= 0.6 is 11.3 Å². The predicted molar refractivity (Wildman–Crippen MR) is 84.1 cm³/mol. The van der Waals surface area contributed by atoms with Crippen LogP contribution in [0.4, 0.5) is 5.00 Å². The molecule has 0 aromatic carbocycles. The van der Waals surface area contributed by atoms with E-state index >= 15 is 0 Å². The van der Waals surface area contributed by atoms with Crippen molar-refractivity contribution < 1.29 is 19.1 Å². The van der Waals surface area contributed by atoms with Gasteiger partial charge >= 0.3 is 5.97 Å². The van der Waals surface area contributed by atoms with Crippen LogP contribution < -0.4 is 5.32 Å². The molecule has 1 aliphatic heterocycles. The number of anilines is 1. The van der Waals surface area contributed by atoms with Crippen LogP contribution in [0.25, 0.3) is 0 Å². The molecule has 1 N–H and O–H groups in total. The molecule has 0 saturated carbocycles. The van der Waals surface area contributed by atoms with E-state index in [-0.39, 0.29) is 24.2 Å². The third kappa shape index (κ3) is 2.99. The molecule has 0 bridgehead atoms. The Bertz CT molecular complexity index is 623. The lowest BCUT2D eigenvalue weighted by atomic mass is 10.1. The van der Waals surface area contributed by atoms with E-state index < -0.39 is 5.97 Å². The fourth-order valence-electron chi connectivity index (χ4n) is 2.53. The van der Waals surface area contributed by atoms with Gasteiger partial charge in [0.1, 0.15) is 5.00 Å². The van der Waals surface area contributed by atoms with Crippen LogP contribution in [0.2, 0.25) is 0 Å². The first kappa shape index (κ1) is 16.5. The Kier molecular flexibility index (Phi) is 4.85. The Morgan fingerprint density at radius 2 is 2.09 bits per heavy atom. The minimum Gasteiger partial charge on any atom is -0.465 e. The molecular formula is C15H20N2O4S. The molecule has 2 amide bonds. The number of methoxy groups -OCH3 is 1. The largest absolute Gasteiger partial charge is 0.465 e. The molecule has 120 valence electrons. The summed E-state index contributed by atoms with van der Waals surface area (Å²) in [5, 5.41) is 3.29. The van der Waals surface area contributed by atoms with Crippen molar-refractivity contribution in [3.05, 3.63) is 16.0 Å². The van der Waals surface area contributed by atoms with Crippen molar-refractivity contribution in [3.8, 4) is 0 Å². The van der Waals surface area contributed by atoms with Crippen molar-refractivity contribution in [2.24, 2.45) is 5.92 Å². The van der Waals surface area contributed by atoms with E-state index in [1.165, 1.54) is 18.4 Å². The van der Waals surface area contributed by atoms with Gasteiger partial charge < -0.3 is 15.0 Å². The Morgan fingerprint density at radius 3 is 2.64 bits per heavy atom. The van der Waals surface area contributed by atoms with Gasteiger partial charge in [-0.1, -0.05) is 0 Å². The lowest BCUT2D eigenvalue weighted by Gasteiger charge is -2.13. The number of thiophene rings is 1. The maximum absolute atomic E-state index is 12.4. The molecule has 6 nitrogen and oxygen atoms in total. The number of carbonyl (C=O) groups is 3. The van der Waals surface area contributed by atoms with E-state index in [2.05, 4.69) is 5.32 Å². The number of likely N-dealkylation sites (tertiary alicyclic amines) is 1. The van der Waals surface area contributed by atoms with Gasteiger partial charge in [0.05, 0.1) is 18.6 Å². The predicted octanol–water partition coefficient (Wildman–Crippen LogP) is 1.96. The normalized spacial score (nSPS) is 17.7. The van der Waals surface area contributed by atoms with E-state index in [0.29, 0.717) is 23.7 Å². The second kappa shape index (κ2) is 6.48. The molecule has 1 atom stereocenters. The highest BCUT2D eigenvalue weighted by Gasteiger charge is 2.34. The van der Waals surface area contributed by atoms with E-state index in [9.17, 15) is 14.4 Å². The zero-order valence-corrected chi connectivity index (χ0v) is 14.0. The summed E-state index contributed by atoms with van der Waals surface area (Å²) in [4.78, 5) is 38.6. The van der Waals surface area contributed by atoms with Crippen LogP contribution in [0.3, 0.4) is 0 Å². The van der Waals surface area contributed by atoms with Crippen molar-refractivity contribution in [2.75, 3.05) is 25.5 Å². The highest BCUT2D eigenvalue weighted by atomic mass is 32.1. The summed E-state index contributed by atoms with van der Waals surface area (Å²) in [6.45, 7) is 6.64.